The van der Waals surface area contributed by atoms with Gasteiger partial charge in [0.1, 0.15) is 23.9 Å². The molecule has 12 nitrogen and oxygen atoms in total. The van der Waals surface area contributed by atoms with E-state index in [1.165, 1.54) is 18.3 Å². The van der Waals surface area contributed by atoms with Gasteiger partial charge < -0.3 is 44.1 Å². The first-order valence-electron chi connectivity index (χ1n) is 14.7. The molecule has 1 aliphatic heterocycles. The summed E-state index contributed by atoms with van der Waals surface area (Å²) in [5.74, 6) is -1.17. The molecule has 1 saturated carbocycles. The molecule has 1 aromatic carbocycles. The summed E-state index contributed by atoms with van der Waals surface area (Å²) in [7, 11) is 1.09. The van der Waals surface area contributed by atoms with Gasteiger partial charge in [-0.3, -0.25) is 4.98 Å². The van der Waals surface area contributed by atoms with Crippen LogP contribution < -0.4 is 14.2 Å². The van der Waals surface area contributed by atoms with Crippen LogP contribution in [-0.2, 0) is 26.3 Å². The second-order valence-corrected chi connectivity index (χ2v) is 11.7. The molecule has 6 atom stereocenters. The molecule has 14 heteroatoms. The maximum absolute atomic E-state index is 13.1. The van der Waals surface area contributed by atoms with Crippen LogP contribution in [0.15, 0.2) is 54.9 Å². The SMILES string of the molecule is COC(=O)C1O[C@@H](Oc2ccc(C[C@H](c3ccc(C(C)(C)O)nc3)c3ccc(OC(F)F)c(OC4CC4)c3)cn2)C(O)[C@H](O)[C@@H]1O. The van der Waals surface area contributed by atoms with Crippen LogP contribution in [0.1, 0.15) is 55.0 Å². The number of carbonyl (C=O) groups is 1. The third kappa shape index (κ3) is 7.88. The van der Waals surface area contributed by atoms with Crippen LogP contribution in [0.4, 0.5) is 8.78 Å². The highest BCUT2D eigenvalue weighted by Crippen LogP contribution is 2.39. The summed E-state index contributed by atoms with van der Waals surface area (Å²) in [6, 6.07) is 11.6. The van der Waals surface area contributed by atoms with E-state index in [4.69, 9.17) is 18.9 Å². The zero-order chi connectivity index (χ0) is 33.2. The van der Waals surface area contributed by atoms with Gasteiger partial charge in [-0.1, -0.05) is 18.2 Å². The molecule has 3 aromatic rings. The Bertz CT molecular complexity index is 1480. The summed E-state index contributed by atoms with van der Waals surface area (Å²) in [6.07, 6.45) is -3.19. The fraction of sp³-hybridized carbons (Fsp3) is 0.469. The Hall–Kier alpha value is -3.95. The van der Waals surface area contributed by atoms with Crippen LogP contribution in [0, 0.1) is 0 Å². The van der Waals surface area contributed by atoms with Gasteiger partial charge in [0.25, 0.3) is 0 Å². The summed E-state index contributed by atoms with van der Waals surface area (Å²) in [6.45, 7) is 0.232. The number of carbonyl (C=O) groups excluding carboxylic acids is 1. The summed E-state index contributed by atoms with van der Waals surface area (Å²) in [5.41, 5.74) is 1.54. The van der Waals surface area contributed by atoms with Crippen molar-refractivity contribution < 1.29 is 57.7 Å². The van der Waals surface area contributed by atoms with Crippen LogP contribution in [0.2, 0.25) is 0 Å². The minimum absolute atomic E-state index is 0.00127. The number of alkyl halides is 2. The van der Waals surface area contributed by atoms with Crippen LogP contribution >= 0.6 is 0 Å². The Kier molecular flexibility index (Phi) is 10.0. The highest BCUT2D eigenvalue weighted by Gasteiger charge is 2.48. The number of hydrogen-bond donors (Lipinski definition) is 4. The smallest absolute Gasteiger partial charge is 0.387 e. The number of esters is 1. The molecule has 2 aromatic heterocycles. The van der Waals surface area contributed by atoms with E-state index in [1.54, 1.807) is 44.3 Å². The summed E-state index contributed by atoms with van der Waals surface area (Å²) >= 11 is 0. The Morgan fingerprint density at radius 3 is 2.28 bits per heavy atom. The second kappa shape index (κ2) is 13.8. The van der Waals surface area contributed by atoms with Crippen LogP contribution in [0.3, 0.4) is 0 Å². The van der Waals surface area contributed by atoms with E-state index >= 15 is 0 Å². The van der Waals surface area contributed by atoms with Crippen molar-refractivity contribution in [3.63, 3.8) is 0 Å². The lowest BCUT2D eigenvalue weighted by Crippen LogP contribution is -2.61. The van der Waals surface area contributed by atoms with Gasteiger partial charge in [-0.25, -0.2) is 9.78 Å². The normalized spacial score (nSPS) is 23.9. The Morgan fingerprint density at radius 2 is 1.70 bits per heavy atom. The molecule has 46 heavy (non-hydrogen) atoms. The zero-order valence-electron chi connectivity index (χ0n) is 25.3. The van der Waals surface area contributed by atoms with Crippen molar-refractivity contribution in [3.05, 3.63) is 77.2 Å². The molecular formula is C32H36F2N2O10. The average Bonchev–Trinajstić information content (AvgIpc) is 3.85. The largest absolute Gasteiger partial charge is 0.487 e. The van der Waals surface area contributed by atoms with Crippen molar-refractivity contribution in [1.29, 1.82) is 0 Å². The minimum Gasteiger partial charge on any atom is -0.487 e. The van der Waals surface area contributed by atoms with Crippen molar-refractivity contribution >= 4 is 5.97 Å². The van der Waals surface area contributed by atoms with E-state index in [0.717, 1.165) is 36.6 Å². The topological polar surface area (TPSA) is 170 Å². The molecule has 0 radical (unpaired) electrons. The molecule has 248 valence electrons. The van der Waals surface area contributed by atoms with Gasteiger partial charge in [0.2, 0.25) is 12.2 Å². The Labute approximate surface area is 263 Å². The Morgan fingerprint density at radius 1 is 0.957 bits per heavy atom. The number of aromatic nitrogens is 2. The second-order valence-electron chi connectivity index (χ2n) is 11.7. The number of rotatable bonds is 12. The molecule has 5 rings (SSSR count). The minimum atomic E-state index is -3.02. The average molecular weight is 647 g/mol. The van der Waals surface area contributed by atoms with Crippen LogP contribution in [0.25, 0.3) is 0 Å². The van der Waals surface area contributed by atoms with E-state index < -0.39 is 48.9 Å². The number of ether oxygens (including phenoxy) is 5. The first-order valence-corrected chi connectivity index (χ1v) is 14.7. The van der Waals surface area contributed by atoms with Crippen LogP contribution in [-0.4, -0.2) is 86.9 Å². The van der Waals surface area contributed by atoms with Crippen molar-refractivity contribution in [2.24, 2.45) is 0 Å². The van der Waals surface area contributed by atoms with Crippen molar-refractivity contribution in [3.8, 4) is 17.4 Å². The monoisotopic (exact) mass is 646 g/mol. The lowest BCUT2D eigenvalue weighted by molar-refractivity contribution is -0.272. The molecule has 0 bridgehead atoms. The fourth-order valence-corrected chi connectivity index (χ4v) is 5.01. The van der Waals surface area contributed by atoms with Gasteiger partial charge in [-0.2, -0.15) is 8.78 Å². The molecule has 2 unspecified atom stereocenters. The van der Waals surface area contributed by atoms with E-state index in [2.05, 4.69) is 14.7 Å². The third-order valence-electron chi connectivity index (χ3n) is 7.70. The van der Waals surface area contributed by atoms with E-state index in [9.17, 15) is 34.0 Å². The molecular weight excluding hydrogens is 610 g/mol. The van der Waals surface area contributed by atoms with Gasteiger partial charge in [0.05, 0.1) is 18.9 Å². The summed E-state index contributed by atoms with van der Waals surface area (Å²) in [4.78, 5) is 20.7. The van der Waals surface area contributed by atoms with Crippen molar-refractivity contribution in [1.82, 2.24) is 9.97 Å². The predicted octanol–water partition coefficient (Wildman–Crippen LogP) is 2.58. The number of pyridine rings is 2. The standard InChI is InChI=1S/C32H36F2N2O10/c1-32(2,41)23-10-6-18(15-35-23)20(17-5-9-21(44-31(33)34)22(13-17)43-19-7-8-19)12-16-4-11-24(36-14-16)45-30-27(39)25(37)26(38)28(46-30)29(40)42-3/h4-6,9-11,13-15,19-20,25-28,30-31,37-39,41H,7-8,12H2,1-3H3/t20-,25+,26-,27?,28?,30+/m0/s1. The van der Waals surface area contributed by atoms with Gasteiger partial charge >= 0.3 is 12.6 Å². The number of aliphatic hydroxyl groups excluding tert-OH is 3. The lowest BCUT2D eigenvalue weighted by Gasteiger charge is -2.38. The maximum Gasteiger partial charge on any atom is 0.387 e. The van der Waals surface area contributed by atoms with Crippen LogP contribution in [0.5, 0.6) is 17.4 Å². The highest BCUT2D eigenvalue weighted by atomic mass is 19.3. The van der Waals surface area contributed by atoms with E-state index in [1.807, 2.05) is 6.07 Å². The molecule has 1 aliphatic carbocycles. The first kappa shape index (κ1) is 33.4. The number of nitrogens with zero attached hydrogens (tertiary/aromatic N) is 2. The molecule has 1 saturated heterocycles. The van der Waals surface area contributed by atoms with Gasteiger partial charge in [-0.05, 0) is 68.0 Å². The predicted molar refractivity (Wildman–Crippen MR) is 155 cm³/mol. The quantitative estimate of drug-likeness (QED) is 0.213. The van der Waals surface area contributed by atoms with Crippen molar-refractivity contribution in [2.45, 2.75) is 88.1 Å². The van der Waals surface area contributed by atoms with Crippen molar-refractivity contribution in [2.75, 3.05) is 7.11 Å². The number of benzene rings is 1. The number of halogens is 2. The highest BCUT2D eigenvalue weighted by molar-refractivity contribution is 5.75. The molecule has 4 N–H and O–H groups in total. The number of methoxy groups -OCH3 is 1. The number of hydrogen-bond acceptors (Lipinski definition) is 12. The summed E-state index contributed by atoms with van der Waals surface area (Å²) in [5, 5.41) is 41.1. The zero-order valence-corrected chi connectivity index (χ0v) is 25.3. The third-order valence-corrected chi connectivity index (χ3v) is 7.70. The molecule has 3 heterocycles. The maximum atomic E-state index is 13.1. The fourth-order valence-electron chi connectivity index (χ4n) is 5.01. The van der Waals surface area contributed by atoms with Gasteiger partial charge in [0, 0.05) is 24.4 Å². The van der Waals surface area contributed by atoms with Gasteiger partial charge in [0.15, 0.2) is 17.6 Å². The lowest BCUT2D eigenvalue weighted by atomic mass is 9.86. The molecule has 2 fully saturated rings. The number of aliphatic hydroxyl groups is 4. The van der Waals surface area contributed by atoms with E-state index in [0.29, 0.717) is 12.1 Å². The Balaban J connectivity index is 1.40. The van der Waals surface area contributed by atoms with Gasteiger partial charge in [-0.15, -0.1) is 0 Å². The summed E-state index contributed by atoms with van der Waals surface area (Å²) < 4.78 is 52.4. The molecule has 2 aliphatic rings. The molecule has 0 spiro atoms. The van der Waals surface area contributed by atoms with E-state index in [-0.39, 0.29) is 29.4 Å². The first-order chi connectivity index (χ1) is 21.8. The molecule has 0 amide bonds.